The van der Waals surface area contributed by atoms with Crippen LogP contribution in [0, 0.1) is 0 Å². The monoisotopic (exact) mass is 211 g/mol. The summed E-state index contributed by atoms with van der Waals surface area (Å²) in [7, 11) is 0. The molecule has 0 saturated carbocycles. The number of hydrogen-bond donors (Lipinski definition) is 1. The van der Waals surface area contributed by atoms with Crippen LogP contribution in [0.5, 0.6) is 0 Å². The van der Waals surface area contributed by atoms with E-state index in [1.807, 2.05) is 12.1 Å². The van der Waals surface area contributed by atoms with E-state index in [1.54, 1.807) is 11.3 Å². The Labute approximate surface area is 86.1 Å². The Bertz CT molecular complexity index is 447. The molecule has 1 aromatic heterocycles. The van der Waals surface area contributed by atoms with E-state index in [4.69, 9.17) is 17.3 Å². The highest BCUT2D eigenvalue weighted by molar-refractivity contribution is 7.22. The van der Waals surface area contributed by atoms with Crippen LogP contribution in [0.4, 0.5) is 5.00 Å². The molecule has 0 bridgehead atoms. The first-order valence-electron chi connectivity index (χ1n) is 4.18. The number of benzene rings is 1. The summed E-state index contributed by atoms with van der Waals surface area (Å²) in [5.41, 5.74) is 6.90. The Morgan fingerprint density at radius 3 is 2.85 bits per heavy atom. The van der Waals surface area contributed by atoms with E-state index in [-0.39, 0.29) is 0 Å². The van der Waals surface area contributed by atoms with Crippen LogP contribution in [-0.4, -0.2) is 0 Å². The van der Waals surface area contributed by atoms with Gasteiger partial charge in [0.2, 0.25) is 0 Å². The summed E-state index contributed by atoms with van der Waals surface area (Å²) in [5, 5.41) is 2.83. The first-order chi connectivity index (χ1) is 6.20. The molecule has 68 valence electrons. The molecule has 0 unspecified atom stereocenters. The molecular formula is C10H10ClNS. The fourth-order valence-electron chi connectivity index (χ4n) is 1.39. The van der Waals surface area contributed by atoms with E-state index in [1.165, 1.54) is 10.3 Å². The molecule has 2 N–H and O–H groups in total. The minimum absolute atomic E-state index is 0.841. The van der Waals surface area contributed by atoms with Gasteiger partial charge >= 0.3 is 0 Å². The van der Waals surface area contributed by atoms with Gasteiger partial charge in [-0.15, -0.1) is 11.3 Å². The SMILES string of the molecule is CCc1cc2sc(N)cc2cc1Cl. The molecule has 1 aromatic carbocycles. The van der Waals surface area contributed by atoms with E-state index in [2.05, 4.69) is 13.0 Å². The molecule has 0 saturated heterocycles. The summed E-state index contributed by atoms with van der Waals surface area (Å²) in [4.78, 5) is 0. The van der Waals surface area contributed by atoms with Gasteiger partial charge in [-0.05, 0) is 35.6 Å². The van der Waals surface area contributed by atoms with Gasteiger partial charge in [0.15, 0.2) is 0 Å². The van der Waals surface area contributed by atoms with Crippen molar-refractivity contribution in [2.75, 3.05) is 5.73 Å². The first-order valence-corrected chi connectivity index (χ1v) is 5.37. The summed E-state index contributed by atoms with van der Waals surface area (Å²) in [5.74, 6) is 0. The molecule has 2 rings (SSSR count). The van der Waals surface area contributed by atoms with E-state index in [9.17, 15) is 0 Å². The molecular weight excluding hydrogens is 202 g/mol. The maximum Gasteiger partial charge on any atom is 0.0868 e. The Hall–Kier alpha value is -0.730. The topological polar surface area (TPSA) is 26.0 Å². The molecule has 13 heavy (non-hydrogen) atoms. The van der Waals surface area contributed by atoms with Gasteiger partial charge in [-0.1, -0.05) is 18.5 Å². The standard InChI is InChI=1S/C10H10ClNS/c1-2-6-4-9-7(3-8(6)11)5-10(12)13-9/h3-5H,2,12H2,1H3. The van der Waals surface area contributed by atoms with Crippen LogP contribution in [0.3, 0.4) is 0 Å². The number of rotatable bonds is 1. The number of nitrogen functional groups attached to an aromatic ring is 1. The van der Waals surface area contributed by atoms with Gasteiger partial charge in [0.1, 0.15) is 0 Å². The number of aryl methyl sites for hydroxylation is 1. The van der Waals surface area contributed by atoms with Gasteiger partial charge in [0.25, 0.3) is 0 Å². The third-order valence-electron chi connectivity index (χ3n) is 2.09. The highest BCUT2D eigenvalue weighted by Crippen LogP contribution is 2.32. The molecule has 0 aliphatic carbocycles. The second-order valence-corrected chi connectivity index (χ2v) is 4.51. The van der Waals surface area contributed by atoms with Crippen LogP contribution in [-0.2, 0) is 6.42 Å². The Morgan fingerprint density at radius 2 is 2.15 bits per heavy atom. The van der Waals surface area contributed by atoms with Crippen molar-refractivity contribution in [1.29, 1.82) is 0 Å². The number of nitrogens with two attached hydrogens (primary N) is 1. The van der Waals surface area contributed by atoms with Crippen molar-refractivity contribution in [2.24, 2.45) is 0 Å². The highest BCUT2D eigenvalue weighted by Gasteiger charge is 2.03. The molecule has 0 aliphatic rings. The lowest BCUT2D eigenvalue weighted by atomic mass is 10.1. The van der Waals surface area contributed by atoms with Gasteiger partial charge in [-0.3, -0.25) is 0 Å². The van der Waals surface area contributed by atoms with Crippen molar-refractivity contribution in [3.8, 4) is 0 Å². The van der Waals surface area contributed by atoms with Crippen molar-refractivity contribution in [3.05, 3.63) is 28.8 Å². The Kier molecular flexibility index (Phi) is 2.18. The lowest BCUT2D eigenvalue weighted by Gasteiger charge is -1.99. The van der Waals surface area contributed by atoms with Crippen LogP contribution in [0.15, 0.2) is 18.2 Å². The van der Waals surface area contributed by atoms with Crippen molar-refractivity contribution in [2.45, 2.75) is 13.3 Å². The molecule has 0 amide bonds. The summed E-state index contributed by atoms with van der Waals surface area (Å²) in [6.45, 7) is 2.10. The van der Waals surface area contributed by atoms with E-state index >= 15 is 0 Å². The van der Waals surface area contributed by atoms with Gasteiger partial charge in [0, 0.05) is 9.72 Å². The highest BCUT2D eigenvalue weighted by atomic mass is 35.5. The van der Waals surface area contributed by atoms with Gasteiger partial charge in [-0.25, -0.2) is 0 Å². The molecule has 3 heteroatoms. The normalized spacial score (nSPS) is 10.9. The summed E-state index contributed by atoms with van der Waals surface area (Å²) in [6, 6.07) is 6.08. The smallest absolute Gasteiger partial charge is 0.0868 e. The average molecular weight is 212 g/mol. The second kappa shape index (κ2) is 3.20. The third kappa shape index (κ3) is 1.52. The molecule has 1 heterocycles. The van der Waals surface area contributed by atoms with Crippen LogP contribution in [0.25, 0.3) is 10.1 Å². The molecule has 0 radical (unpaired) electrons. The Balaban J connectivity index is 2.72. The fourth-order valence-corrected chi connectivity index (χ4v) is 2.58. The summed E-state index contributed by atoms with van der Waals surface area (Å²) < 4.78 is 1.22. The van der Waals surface area contributed by atoms with Gasteiger partial charge in [0.05, 0.1) is 5.00 Å². The quantitative estimate of drug-likeness (QED) is 0.765. The molecule has 2 aromatic rings. The van der Waals surface area contributed by atoms with Crippen LogP contribution >= 0.6 is 22.9 Å². The molecule has 0 aliphatic heterocycles. The molecule has 1 nitrogen and oxygen atoms in total. The van der Waals surface area contributed by atoms with Crippen molar-refractivity contribution in [3.63, 3.8) is 0 Å². The Morgan fingerprint density at radius 1 is 1.38 bits per heavy atom. The van der Waals surface area contributed by atoms with Crippen molar-refractivity contribution < 1.29 is 0 Å². The zero-order chi connectivity index (χ0) is 9.42. The number of anilines is 1. The predicted octanol–water partition coefficient (Wildman–Crippen LogP) is 3.70. The molecule has 0 fully saturated rings. The van der Waals surface area contributed by atoms with Crippen LogP contribution in [0.1, 0.15) is 12.5 Å². The number of halogens is 1. The zero-order valence-electron chi connectivity index (χ0n) is 7.30. The van der Waals surface area contributed by atoms with E-state index < -0.39 is 0 Å². The van der Waals surface area contributed by atoms with E-state index in [0.717, 1.165) is 21.8 Å². The maximum atomic E-state index is 6.08. The minimum atomic E-state index is 0.841. The minimum Gasteiger partial charge on any atom is -0.391 e. The lowest BCUT2D eigenvalue weighted by Crippen LogP contribution is -1.80. The molecule has 0 spiro atoms. The van der Waals surface area contributed by atoms with E-state index in [0.29, 0.717) is 0 Å². The second-order valence-electron chi connectivity index (χ2n) is 2.98. The zero-order valence-corrected chi connectivity index (χ0v) is 8.88. The van der Waals surface area contributed by atoms with Crippen molar-refractivity contribution in [1.82, 2.24) is 0 Å². The molecule has 0 atom stereocenters. The number of fused-ring (bicyclic) bond motifs is 1. The van der Waals surface area contributed by atoms with Gasteiger partial charge < -0.3 is 5.73 Å². The first kappa shape index (κ1) is 8.85. The number of thiophene rings is 1. The lowest BCUT2D eigenvalue weighted by molar-refractivity contribution is 1.15. The largest absolute Gasteiger partial charge is 0.391 e. The summed E-state index contributed by atoms with van der Waals surface area (Å²) in [6.07, 6.45) is 0.965. The number of hydrogen-bond acceptors (Lipinski definition) is 2. The van der Waals surface area contributed by atoms with Gasteiger partial charge in [-0.2, -0.15) is 0 Å². The predicted molar refractivity (Wildman–Crippen MR) is 60.6 cm³/mol. The summed E-state index contributed by atoms with van der Waals surface area (Å²) >= 11 is 7.69. The third-order valence-corrected chi connectivity index (χ3v) is 3.36. The average Bonchev–Trinajstić information content (AvgIpc) is 2.42. The van der Waals surface area contributed by atoms with Crippen LogP contribution < -0.4 is 5.73 Å². The van der Waals surface area contributed by atoms with Crippen LogP contribution in [0.2, 0.25) is 5.02 Å². The maximum absolute atomic E-state index is 6.08. The fraction of sp³-hybridized carbons (Fsp3) is 0.200. The van der Waals surface area contributed by atoms with Crippen molar-refractivity contribution >= 4 is 38.0 Å².